The van der Waals surface area contributed by atoms with Crippen molar-refractivity contribution in [1.29, 1.82) is 0 Å². The lowest BCUT2D eigenvalue weighted by Gasteiger charge is -2.40. The van der Waals surface area contributed by atoms with Gasteiger partial charge in [0.05, 0.1) is 6.61 Å². The van der Waals surface area contributed by atoms with Crippen molar-refractivity contribution >= 4 is 22.5 Å². The number of ether oxygens (including phenoxy) is 2. The Balaban J connectivity index is 2.10. The first-order valence-corrected chi connectivity index (χ1v) is 18.1. The number of rotatable bonds is 7. The zero-order chi connectivity index (χ0) is 27.5. The van der Waals surface area contributed by atoms with Crippen LogP contribution in [0.15, 0.2) is 21.9 Å². The maximum absolute atomic E-state index is 12.8. The predicted molar refractivity (Wildman–Crippen MR) is 140 cm³/mol. The van der Waals surface area contributed by atoms with Crippen LogP contribution in [-0.2, 0) is 23.1 Å². The van der Waals surface area contributed by atoms with Gasteiger partial charge in [-0.05, 0) is 36.3 Å². The van der Waals surface area contributed by atoms with Gasteiger partial charge in [0, 0.05) is 12.3 Å². The first-order valence-electron chi connectivity index (χ1n) is 12.3. The number of nitrogens with zero attached hydrogens (tertiary/aromatic N) is 1. The van der Waals surface area contributed by atoms with E-state index in [2.05, 4.69) is 78.1 Å². The molecule has 11 nitrogen and oxygen atoms in total. The third-order valence-corrected chi connectivity index (χ3v) is 17.3. The quantitative estimate of drug-likeness (QED) is 0.156. The first-order chi connectivity index (χ1) is 16.3. The predicted octanol–water partition coefficient (Wildman–Crippen LogP) is 1.97. The van der Waals surface area contributed by atoms with Crippen LogP contribution in [-0.4, -0.2) is 62.6 Å². The Morgan fingerprint density at radius 3 is 2.22 bits per heavy atom. The molecule has 2 aliphatic rings. The van der Waals surface area contributed by atoms with Crippen molar-refractivity contribution in [3.63, 3.8) is 0 Å². The number of aromatic amines is 1. The van der Waals surface area contributed by atoms with E-state index < -0.39 is 63.9 Å². The number of hydrogen-bond donors (Lipinski definition) is 3. The largest absolute Gasteiger partial charge is 0.414 e. The molecule has 36 heavy (non-hydrogen) atoms. The fourth-order valence-electron chi connectivity index (χ4n) is 3.87. The number of aromatic nitrogens is 2. The topological polar surface area (TPSA) is 150 Å². The van der Waals surface area contributed by atoms with Crippen LogP contribution in [0.1, 0.15) is 47.8 Å². The number of nitrogens with one attached hydrogen (secondary N) is 2. The lowest BCUT2D eigenvalue weighted by atomic mass is 9.93. The van der Waals surface area contributed by atoms with Gasteiger partial charge in [0.15, 0.2) is 34.6 Å². The highest BCUT2D eigenvalue weighted by atomic mass is 28.4. The summed E-state index contributed by atoms with van der Waals surface area (Å²) in [5, 5.41) is -0.228. The number of hydrazine groups is 1. The Bertz CT molecular complexity index is 1110. The van der Waals surface area contributed by atoms with E-state index in [0.29, 0.717) is 0 Å². The molecule has 3 heterocycles. The van der Waals surface area contributed by atoms with Crippen molar-refractivity contribution in [3.05, 3.63) is 33.1 Å². The summed E-state index contributed by atoms with van der Waals surface area (Å²) < 4.78 is 27.1. The normalized spacial score (nSPS) is 29.0. The molecular weight excluding hydrogens is 500 g/mol. The van der Waals surface area contributed by atoms with E-state index in [-0.39, 0.29) is 16.7 Å². The van der Waals surface area contributed by atoms with Gasteiger partial charge in [0.2, 0.25) is 0 Å². The molecule has 2 aliphatic heterocycles. The molecule has 5 atom stereocenters. The molecule has 13 heteroatoms. The van der Waals surface area contributed by atoms with Crippen molar-refractivity contribution in [2.24, 2.45) is 5.84 Å². The standard InChI is InChI=1S/C23H42N4O7Si2/c1-21(2,3)35(7,8)31-13-14-23(16(33-23)18(29)26-24)17(34-36(9,10)22(4,5)6)19(32-14)27-12-11-15(28)25-20(27)30/h11-12,14,16-17,19H,13,24H2,1-10H3,(H,26,29)(H,25,28,30). The SMILES string of the molecule is CC(C)(C)[Si](C)(C)OCC1OC(n2ccc(=O)[nH]c2=O)C(O[Si](C)(C)C(C)(C)C)C12OC2C(=O)NN. The molecule has 0 bridgehead atoms. The number of nitrogens with two attached hydrogens (primary N) is 1. The van der Waals surface area contributed by atoms with E-state index in [9.17, 15) is 14.4 Å². The second-order valence-corrected chi connectivity index (χ2v) is 22.3. The van der Waals surface area contributed by atoms with E-state index in [1.54, 1.807) is 0 Å². The fraction of sp³-hybridized carbons (Fsp3) is 0.783. The average molecular weight is 543 g/mol. The number of H-pyrrole nitrogens is 1. The summed E-state index contributed by atoms with van der Waals surface area (Å²) in [5.74, 6) is 4.96. The lowest BCUT2D eigenvalue weighted by molar-refractivity contribution is -0.122. The van der Waals surface area contributed by atoms with Crippen LogP contribution in [0.25, 0.3) is 0 Å². The summed E-state index contributed by atoms with van der Waals surface area (Å²) in [6.07, 6.45) is -2.05. The molecule has 3 rings (SSSR count). The molecule has 0 aromatic carbocycles. The smallest absolute Gasteiger partial charge is 0.330 e. The van der Waals surface area contributed by atoms with Crippen LogP contribution in [0, 0.1) is 0 Å². The van der Waals surface area contributed by atoms with E-state index >= 15 is 0 Å². The van der Waals surface area contributed by atoms with Gasteiger partial charge < -0.3 is 18.3 Å². The summed E-state index contributed by atoms with van der Waals surface area (Å²) in [4.78, 5) is 39.5. The van der Waals surface area contributed by atoms with E-state index in [0.717, 1.165) is 0 Å². The highest BCUT2D eigenvalue weighted by molar-refractivity contribution is 6.74. The van der Waals surface area contributed by atoms with Crippen LogP contribution in [0.5, 0.6) is 0 Å². The summed E-state index contributed by atoms with van der Waals surface area (Å²) in [5.41, 5.74) is -0.199. The van der Waals surface area contributed by atoms with Gasteiger partial charge in [0.1, 0.15) is 12.2 Å². The molecule has 1 aromatic heterocycles. The van der Waals surface area contributed by atoms with Crippen LogP contribution < -0.4 is 22.5 Å². The van der Waals surface area contributed by atoms with E-state index in [4.69, 9.17) is 24.2 Å². The molecule has 1 aromatic rings. The van der Waals surface area contributed by atoms with Gasteiger partial charge in [-0.15, -0.1) is 0 Å². The lowest BCUT2D eigenvalue weighted by Crippen LogP contribution is -2.54. The molecule has 1 amide bonds. The van der Waals surface area contributed by atoms with Gasteiger partial charge in [-0.2, -0.15) is 0 Å². The minimum Gasteiger partial charge on any atom is -0.414 e. The van der Waals surface area contributed by atoms with Crippen LogP contribution in [0.3, 0.4) is 0 Å². The van der Waals surface area contributed by atoms with Gasteiger partial charge in [-0.3, -0.25) is 24.6 Å². The van der Waals surface area contributed by atoms with Gasteiger partial charge in [-0.25, -0.2) is 10.6 Å². The Labute approximate surface area is 214 Å². The minimum atomic E-state index is -2.46. The number of amides is 1. The Morgan fingerprint density at radius 1 is 1.14 bits per heavy atom. The number of carbonyl (C=O) groups is 1. The molecule has 2 fully saturated rings. The third kappa shape index (κ3) is 5.06. The zero-order valence-electron chi connectivity index (χ0n) is 23.1. The number of epoxide rings is 1. The summed E-state index contributed by atoms with van der Waals surface area (Å²) in [6, 6.07) is 1.25. The van der Waals surface area contributed by atoms with Crippen LogP contribution in [0.4, 0.5) is 0 Å². The monoisotopic (exact) mass is 542 g/mol. The molecule has 0 radical (unpaired) electrons. The second-order valence-electron chi connectivity index (χ2n) is 12.8. The Morgan fingerprint density at radius 2 is 1.72 bits per heavy atom. The molecule has 204 valence electrons. The molecule has 5 unspecified atom stereocenters. The second kappa shape index (κ2) is 9.29. The van der Waals surface area contributed by atoms with Crippen LogP contribution >= 0.6 is 0 Å². The van der Waals surface area contributed by atoms with Crippen molar-refractivity contribution in [3.8, 4) is 0 Å². The summed E-state index contributed by atoms with van der Waals surface area (Å²) in [6.45, 7) is 21.2. The maximum atomic E-state index is 12.8. The first kappa shape index (κ1) is 28.9. The molecule has 2 saturated heterocycles. The van der Waals surface area contributed by atoms with Crippen LogP contribution in [0.2, 0.25) is 36.3 Å². The summed E-state index contributed by atoms with van der Waals surface area (Å²) >= 11 is 0. The van der Waals surface area contributed by atoms with E-state index in [1.165, 1.54) is 16.8 Å². The van der Waals surface area contributed by atoms with Crippen molar-refractivity contribution in [2.45, 2.75) is 108 Å². The highest BCUT2D eigenvalue weighted by Crippen LogP contribution is 2.56. The maximum Gasteiger partial charge on any atom is 0.330 e. The number of carbonyl (C=O) groups excluding carboxylic acids is 1. The van der Waals surface area contributed by atoms with Crippen molar-refractivity contribution in [1.82, 2.24) is 15.0 Å². The molecule has 4 N–H and O–H groups in total. The van der Waals surface area contributed by atoms with Gasteiger partial charge in [0.25, 0.3) is 11.5 Å². The van der Waals surface area contributed by atoms with Gasteiger partial charge >= 0.3 is 5.69 Å². The number of hydrogen-bond acceptors (Lipinski definition) is 8. The van der Waals surface area contributed by atoms with Crippen molar-refractivity contribution < 1.29 is 23.1 Å². The van der Waals surface area contributed by atoms with Gasteiger partial charge in [-0.1, -0.05) is 41.5 Å². The molecule has 0 saturated carbocycles. The highest BCUT2D eigenvalue weighted by Gasteiger charge is 2.77. The molecular formula is C23H42N4O7Si2. The summed E-state index contributed by atoms with van der Waals surface area (Å²) in [7, 11) is -4.65. The van der Waals surface area contributed by atoms with Crippen molar-refractivity contribution in [2.75, 3.05) is 6.61 Å². The third-order valence-electron chi connectivity index (χ3n) is 8.32. The fourth-order valence-corrected chi connectivity index (χ4v) is 6.16. The van der Waals surface area contributed by atoms with E-state index in [1.807, 2.05) is 0 Å². The Hall–Kier alpha value is -1.62. The Kier molecular flexibility index (Phi) is 7.47. The minimum absolute atomic E-state index is 0.0521. The molecule has 1 spiro atoms. The zero-order valence-corrected chi connectivity index (χ0v) is 25.1. The average Bonchev–Trinajstić information content (AvgIpc) is 3.40. The molecule has 0 aliphatic carbocycles.